The fourth-order valence-corrected chi connectivity index (χ4v) is 4.17. The summed E-state index contributed by atoms with van der Waals surface area (Å²) in [5.74, 6) is 0. The van der Waals surface area contributed by atoms with E-state index in [2.05, 4.69) is 34.0 Å². The van der Waals surface area contributed by atoms with E-state index in [9.17, 15) is 9.90 Å². The number of hydrogen-bond donors (Lipinski definition) is 1. The van der Waals surface area contributed by atoms with Crippen LogP contribution < -0.4 is 0 Å². The molecule has 2 amide bonds. The smallest absolute Gasteiger partial charge is 0.320 e. The lowest BCUT2D eigenvalue weighted by molar-refractivity contribution is 0.0812. The highest BCUT2D eigenvalue weighted by Gasteiger charge is 2.30. The van der Waals surface area contributed by atoms with Crippen LogP contribution in [0.5, 0.6) is 0 Å². The van der Waals surface area contributed by atoms with Gasteiger partial charge in [0.2, 0.25) is 0 Å². The van der Waals surface area contributed by atoms with E-state index >= 15 is 0 Å². The van der Waals surface area contributed by atoms with E-state index in [-0.39, 0.29) is 6.03 Å². The molecule has 6 nitrogen and oxygen atoms in total. The van der Waals surface area contributed by atoms with Gasteiger partial charge in [0.1, 0.15) is 0 Å². The van der Waals surface area contributed by atoms with Crippen LogP contribution in [-0.2, 0) is 19.5 Å². The summed E-state index contributed by atoms with van der Waals surface area (Å²) < 4.78 is 0. The third kappa shape index (κ3) is 4.58. The molecule has 29 heavy (non-hydrogen) atoms. The van der Waals surface area contributed by atoms with Gasteiger partial charge < -0.3 is 14.9 Å². The molecule has 1 atom stereocenters. The fourth-order valence-electron chi connectivity index (χ4n) is 4.17. The van der Waals surface area contributed by atoms with Crippen molar-refractivity contribution in [3.05, 3.63) is 76.6 Å². The third-order valence-electron chi connectivity index (χ3n) is 5.73. The van der Waals surface area contributed by atoms with Crippen LogP contribution in [0.25, 0.3) is 4.85 Å². The highest BCUT2D eigenvalue weighted by atomic mass is 16.3. The molecule has 0 aromatic heterocycles. The van der Waals surface area contributed by atoms with E-state index in [1.54, 1.807) is 21.9 Å². The molecule has 2 heterocycles. The van der Waals surface area contributed by atoms with Gasteiger partial charge in [0.15, 0.2) is 5.69 Å². The zero-order valence-electron chi connectivity index (χ0n) is 16.5. The average Bonchev–Trinajstić information content (AvgIpc) is 3.07. The zero-order chi connectivity index (χ0) is 20.2. The Labute approximate surface area is 171 Å². The van der Waals surface area contributed by atoms with E-state index in [1.807, 2.05) is 12.1 Å². The van der Waals surface area contributed by atoms with Gasteiger partial charge in [0, 0.05) is 45.8 Å². The van der Waals surface area contributed by atoms with Gasteiger partial charge in [-0.15, -0.1) is 0 Å². The summed E-state index contributed by atoms with van der Waals surface area (Å²) in [4.78, 5) is 21.9. The number of aliphatic hydroxyl groups is 1. The van der Waals surface area contributed by atoms with E-state index in [1.165, 1.54) is 11.1 Å². The van der Waals surface area contributed by atoms with Crippen molar-refractivity contribution in [1.82, 2.24) is 14.7 Å². The maximum absolute atomic E-state index is 12.7. The molecule has 4 rings (SSSR count). The number of carbonyl (C=O) groups excluding carboxylic acids is 1. The van der Waals surface area contributed by atoms with Crippen molar-refractivity contribution in [1.29, 1.82) is 0 Å². The zero-order valence-corrected chi connectivity index (χ0v) is 16.5. The fraction of sp³-hybridized carbons (Fsp3) is 0.391. The van der Waals surface area contributed by atoms with Gasteiger partial charge in [-0.3, -0.25) is 4.90 Å². The Morgan fingerprint density at radius 1 is 0.966 bits per heavy atom. The maximum atomic E-state index is 12.7. The molecule has 150 valence electrons. The van der Waals surface area contributed by atoms with Crippen molar-refractivity contribution < 1.29 is 9.90 Å². The second kappa shape index (κ2) is 8.64. The van der Waals surface area contributed by atoms with Gasteiger partial charge in [-0.05, 0) is 23.1 Å². The van der Waals surface area contributed by atoms with Gasteiger partial charge in [-0.1, -0.05) is 48.5 Å². The summed E-state index contributed by atoms with van der Waals surface area (Å²) in [5, 5.41) is 10.6. The first-order valence-electron chi connectivity index (χ1n) is 10.1. The van der Waals surface area contributed by atoms with E-state index in [0.717, 1.165) is 25.1 Å². The molecular formula is C23H26N4O2. The summed E-state index contributed by atoms with van der Waals surface area (Å²) in [6, 6.07) is 15.8. The van der Waals surface area contributed by atoms with Crippen LogP contribution in [0.1, 0.15) is 16.7 Å². The number of β-amino-alcohol motifs (C(OH)–C–C–N with tert-alkyl or cyclic N) is 1. The van der Waals surface area contributed by atoms with Crippen molar-refractivity contribution in [2.75, 3.05) is 32.7 Å². The van der Waals surface area contributed by atoms with Crippen LogP contribution >= 0.6 is 0 Å². The molecule has 2 aromatic carbocycles. The number of benzene rings is 2. The summed E-state index contributed by atoms with van der Waals surface area (Å²) in [7, 11) is 0. The van der Waals surface area contributed by atoms with Crippen LogP contribution in [0.2, 0.25) is 0 Å². The molecule has 2 aliphatic rings. The summed E-state index contributed by atoms with van der Waals surface area (Å²) in [6.07, 6.45) is 0.452. The molecule has 0 radical (unpaired) electrons. The number of nitrogens with zero attached hydrogens (tertiary/aromatic N) is 4. The van der Waals surface area contributed by atoms with Crippen molar-refractivity contribution in [3.63, 3.8) is 0 Å². The van der Waals surface area contributed by atoms with Crippen LogP contribution in [0.4, 0.5) is 10.5 Å². The lowest BCUT2D eigenvalue weighted by Crippen LogP contribution is -2.43. The molecule has 0 saturated carbocycles. The van der Waals surface area contributed by atoms with Crippen LogP contribution in [0, 0.1) is 6.57 Å². The molecule has 2 aliphatic heterocycles. The van der Waals surface area contributed by atoms with Gasteiger partial charge in [0.25, 0.3) is 0 Å². The van der Waals surface area contributed by atoms with Gasteiger partial charge >= 0.3 is 6.03 Å². The molecule has 0 bridgehead atoms. The van der Waals surface area contributed by atoms with Crippen molar-refractivity contribution >= 4 is 11.7 Å². The largest absolute Gasteiger partial charge is 0.390 e. The molecular weight excluding hydrogens is 364 g/mol. The first-order chi connectivity index (χ1) is 14.1. The minimum absolute atomic E-state index is 0.0257. The first kappa shape index (κ1) is 19.4. The Balaban J connectivity index is 1.27. The topological polar surface area (TPSA) is 51.4 Å². The van der Waals surface area contributed by atoms with E-state index in [0.29, 0.717) is 38.4 Å². The molecule has 1 fully saturated rings. The monoisotopic (exact) mass is 390 g/mol. The number of fused-ring (bicyclic) bond motifs is 1. The second-order valence-corrected chi connectivity index (χ2v) is 7.84. The predicted octanol–water partition coefficient (Wildman–Crippen LogP) is 2.89. The third-order valence-corrected chi connectivity index (χ3v) is 5.73. The number of aliphatic hydroxyl groups excluding tert-OH is 1. The minimum Gasteiger partial charge on any atom is -0.390 e. The maximum Gasteiger partial charge on any atom is 0.320 e. The molecule has 2 aromatic rings. The van der Waals surface area contributed by atoms with Crippen LogP contribution in [0.15, 0.2) is 48.5 Å². The average molecular weight is 390 g/mol. The summed E-state index contributed by atoms with van der Waals surface area (Å²) in [6.45, 7) is 11.6. The van der Waals surface area contributed by atoms with Crippen LogP contribution in [0.3, 0.4) is 0 Å². The highest BCUT2D eigenvalue weighted by molar-refractivity contribution is 5.76. The number of hydrogen-bond acceptors (Lipinski definition) is 3. The number of carbonyl (C=O) groups is 1. The lowest BCUT2D eigenvalue weighted by atomic mass is 10.00. The first-order valence-corrected chi connectivity index (χ1v) is 10.1. The van der Waals surface area contributed by atoms with Crippen molar-refractivity contribution in [2.45, 2.75) is 25.6 Å². The minimum atomic E-state index is -0.554. The summed E-state index contributed by atoms with van der Waals surface area (Å²) in [5.41, 5.74) is 4.35. The van der Waals surface area contributed by atoms with Crippen molar-refractivity contribution in [3.8, 4) is 0 Å². The van der Waals surface area contributed by atoms with E-state index in [4.69, 9.17) is 6.57 Å². The molecule has 1 N–H and O–H groups in total. The Bertz CT molecular complexity index is 906. The lowest BCUT2D eigenvalue weighted by Gasteiger charge is -2.31. The quantitative estimate of drug-likeness (QED) is 0.772. The molecule has 1 unspecified atom stereocenters. The Hall–Kier alpha value is -2.88. The Kier molecular flexibility index (Phi) is 5.79. The summed E-state index contributed by atoms with van der Waals surface area (Å²) >= 11 is 0. The second-order valence-electron chi connectivity index (χ2n) is 7.84. The number of amides is 2. The number of rotatable bonds is 6. The molecule has 0 aliphatic carbocycles. The Morgan fingerprint density at radius 2 is 1.69 bits per heavy atom. The predicted molar refractivity (Wildman–Crippen MR) is 112 cm³/mol. The highest BCUT2D eigenvalue weighted by Crippen LogP contribution is 2.20. The molecule has 6 heteroatoms. The number of urea groups is 1. The van der Waals surface area contributed by atoms with Crippen molar-refractivity contribution in [2.24, 2.45) is 0 Å². The molecule has 1 saturated heterocycles. The normalized spacial score (nSPS) is 17.9. The Morgan fingerprint density at radius 3 is 2.45 bits per heavy atom. The van der Waals surface area contributed by atoms with Gasteiger partial charge in [0.05, 0.1) is 12.7 Å². The van der Waals surface area contributed by atoms with Gasteiger partial charge in [-0.2, -0.15) is 0 Å². The SMILES string of the molecule is [C-]#[N+]c1ccc(CN2CCN(CC(O)CN3CCc4ccccc4C3)C2=O)cc1. The standard InChI is InChI=1S/C23H26N4O2/c1-24-21-8-6-18(7-9-21)14-26-12-13-27(23(26)29)17-22(28)16-25-11-10-19-4-2-3-5-20(19)15-25/h2-9,22,28H,10-17H2. The molecule has 0 spiro atoms. The van der Waals surface area contributed by atoms with Crippen LogP contribution in [-0.4, -0.2) is 64.7 Å². The van der Waals surface area contributed by atoms with E-state index < -0.39 is 6.10 Å². The van der Waals surface area contributed by atoms with Gasteiger partial charge in [-0.25, -0.2) is 9.64 Å².